The van der Waals surface area contributed by atoms with Gasteiger partial charge in [-0.1, -0.05) is 28.1 Å². The molecule has 1 aromatic heterocycles. The van der Waals surface area contributed by atoms with Gasteiger partial charge in [0.05, 0.1) is 13.7 Å². The van der Waals surface area contributed by atoms with Crippen molar-refractivity contribution in [3.8, 4) is 5.75 Å². The van der Waals surface area contributed by atoms with Crippen LogP contribution in [0.25, 0.3) is 10.9 Å². The maximum Gasteiger partial charge on any atom is 0.182 e. The molecule has 0 unspecified atom stereocenters. The van der Waals surface area contributed by atoms with Crippen molar-refractivity contribution < 1.29 is 9.53 Å². The minimum Gasteiger partial charge on any atom is -0.497 e. The van der Waals surface area contributed by atoms with Gasteiger partial charge in [0, 0.05) is 27.1 Å². The summed E-state index contributed by atoms with van der Waals surface area (Å²) >= 11 is 3.37. The topological polar surface area (TPSA) is 31.2 Å². The van der Waals surface area contributed by atoms with Crippen molar-refractivity contribution in [1.29, 1.82) is 0 Å². The van der Waals surface area contributed by atoms with E-state index in [9.17, 15) is 4.79 Å². The Labute approximate surface area is 131 Å². The molecule has 0 saturated heterocycles. The second-order valence-electron chi connectivity index (χ2n) is 4.80. The van der Waals surface area contributed by atoms with Gasteiger partial charge in [-0.15, -0.1) is 0 Å². The maximum atomic E-state index is 12.3. The van der Waals surface area contributed by atoms with Gasteiger partial charge in [-0.3, -0.25) is 4.79 Å². The van der Waals surface area contributed by atoms with Crippen molar-refractivity contribution in [2.45, 2.75) is 6.54 Å². The molecule has 0 fully saturated rings. The van der Waals surface area contributed by atoms with Crippen LogP contribution >= 0.6 is 15.9 Å². The first-order valence-corrected chi connectivity index (χ1v) is 7.38. The van der Waals surface area contributed by atoms with Crippen molar-refractivity contribution in [3.63, 3.8) is 0 Å². The lowest BCUT2D eigenvalue weighted by molar-refractivity contribution is 0.0973. The third-order valence-electron chi connectivity index (χ3n) is 3.46. The van der Waals surface area contributed by atoms with Gasteiger partial charge in [-0.2, -0.15) is 0 Å². The number of ketones is 1. The number of carbonyl (C=O) groups is 1. The Morgan fingerprint density at radius 1 is 1.14 bits per heavy atom. The van der Waals surface area contributed by atoms with E-state index >= 15 is 0 Å². The molecule has 0 spiro atoms. The molecule has 0 saturated carbocycles. The Morgan fingerprint density at radius 3 is 2.62 bits per heavy atom. The highest BCUT2D eigenvalue weighted by atomic mass is 79.9. The Morgan fingerprint density at radius 2 is 1.90 bits per heavy atom. The summed E-state index contributed by atoms with van der Waals surface area (Å²) in [5.74, 6) is 0.912. The molecule has 4 heteroatoms. The van der Waals surface area contributed by atoms with Gasteiger partial charge < -0.3 is 9.30 Å². The molecule has 3 nitrogen and oxygen atoms in total. The number of hydrogen-bond acceptors (Lipinski definition) is 2. The number of hydrogen-bond donors (Lipinski definition) is 0. The van der Waals surface area contributed by atoms with Crippen molar-refractivity contribution in [1.82, 2.24) is 4.57 Å². The number of halogens is 1. The second kappa shape index (κ2) is 5.74. The summed E-state index contributed by atoms with van der Waals surface area (Å²) in [6.45, 7) is 0.331. The third-order valence-corrected chi connectivity index (χ3v) is 3.99. The predicted molar refractivity (Wildman–Crippen MR) is 87.0 cm³/mol. The van der Waals surface area contributed by atoms with Crippen LogP contribution in [0.5, 0.6) is 5.75 Å². The van der Waals surface area contributed by atoms with Gasteiger partial charge in [0.2, 0.25) is 0 Å². The van der Waals surface area contributed by atoms with E-state index in [2.05, 4.69) is 15.9 Å². The molecule has 0 aliphatic carbocycles. The average molecular weight is 344 g/mol. The monoisotopic (exact) mass is 343 g/mol. The highest BCUT2D eigenvalue weighted by Gasteiger charge is 2.09. The van der Waals surface area contributed by atoms with Crippen molar-refractivity contribution >= 4 is 32.6 Å². The van der Waals surface area contributed by atoms with Crippen LogP contribution in [0.4, 0.5) is 0 Å². The summed E-state index contributed by atoms with van der Waals surface area (Å²) in [5, 5.41) is 1.07. The van der Waals surface area contributed by atoms with Crippen LogP contribution in [0.2, 0.25) is 0 Å². The van der Waals surface area contributed by atoms with Crippen molar-refractivity contribution in [3.05, 3.63) is 64.8 Å². The Bertz CT molecular complexity index is 790. The molecule has 3 aromatic rings. The number of aromatic nitrogens is 1. The van der Waals surface area contributed by atoms with Crippen LogP contribution in [0.1, 0.15) is 10.4 Å². The van der Waals surface area contributed by atoms with Crippen molar-refractivity contribution in [2.75, 3.05) is 7.11 Å². The fourth-order valence-corrected chi connectivity index (χ4v) is 2.59. The molecule has 0 bridgehead atoms. The van der Waals surface area contributed by atoms with Gasteiger partial charge in [-0.05, 0) is 36.4 Å². The summed E-state index contributed by atoms with van der Waals surface area (Å²) in [7, 11) is 1.65. The zero-order valence-corrected chi connectivity index (χ0v) is 13.1. The lowest BCUT2D eigenvalue weighted by Gasteiger charge is -2.06. The molecule has 3 rings (SSSR count). The zero-order valence-electron chi connectivity index (χ0n) is 11.5. The minimum atomic E-state index is 0.0934. The SMILES string of the molecule is COc1ccc2c(ccn2CC(=O)c2ccc(Br)cc2)c1. The lowest BCUT2D eigenvalue weighted by Crippen LogP contribution is -2.09. The molecule has 2 aromatic carbocycles. The highest BCUT2D eigenvalue weighted by Crippen LogP contribution is 2.22. The van der Waals surface area contributed by atoms with E-state index in [4.69, 9.17) is 4.74 Å². The number of fused-ring (bicyclic) bond motifs is 1. The van der Waals surface area contributed by atoms with Gasteiger partial charge in [0.1, 0.15) is 5.75 Å². The third kappa shape index (κ3) is 2.85. The number of rotatable bonds is 4. The quantitative estimate of drug-likeness (QED) is 0.661. The fraction of sp³-hybridized carbons (Fsp3) is 0.118. The summed E-state index contributed by atoms with van der Waals surface area (Å²) < 4.78 is 8.14. The number of nitrogens with zero attached hydrogens (tertiary/aromatic N) is 1. The zero-order chi connectivity index (χ0) is 14.8. The van der Waals surface area contributed by atoms with E-state index in [1.165, 1.54) is 0 Å². The van der Waals surface area contributed by atoms with Crippen LogP contribution in [0.15, 0.2) is 59.2 Å². The molecule has 0 amide bonds. The molecular formula is C17H14BrNO2. The molecule has 1 heterocycles. The maximum absolute atomic E-state index is 12.3. The van der Waals surface area contributed by atoms with E-state index < -0.39 is 0 Å². The fourth-order valence-electron chi connectivity index (χ4n) is 2.32. The molecule has 0 aliphatic heterocycles. The van der Waals surface area contributed by atoms with Gasteiger partial charge in [0.15, 0.2) is 5.78 Å². The number of carbonyl (C=O) groups excluding carboxylic acids is 1. The summed E-state index contributed by atoms with van der Waals surface area (Å²) in [6.07, 6.45) is 1.93. The molecule has 106 valence electrons. The highest BCUT2D eigenvalue weighted by molar-refractivity contribution is 9.10. The first-order valence-electron chi connectivity index (χ1n) is 6.59. The minimum absolute atomic E-state index is 0.0934. The summed E-state index contributed by atoms with van der Waals surface area (Å²) in [6, 6.07) is 15.3. The number of Topliss-reactive ketones (excluding diaryl/α,β-unsaturated/α-hetero) is 1. The molecule has 0 N–H and O–H groups in total. The second-order valence-corrected chi connectivity index (χ2v) is 5.71. The smallest absolute Gasteiger partial charge is 0.182 e. The van der Waals surface area contributed by atoms with E-state index in [1.807, 2.05) is 59.3 Å². The van der Waals surface area contributed by atoms with E-state index in [-0.39, 0.29) is 5.78 Å². The van der Waals surface area contributed by atoms with Crippen LogP contribution in [0, 0.1) is 0 Å². The summed E-state index contributed by atoms with van der Waals surface area (Å²) in [5.41, 5.74) is 1.75. The van der Waals surface area contributed by atoms with Crippen LogP contribution in [-0.2, 0) is 6.54 Å². The predicted octanol–water partition coefficient (Wildman–Crippen LogP) is 4.30. The molecule has 0 aliphatic rings. The normalized spacial score (nSPS) is 10.8. The molecular weight excluding hydrogens is 330 g/mol. The standard InChI is InChI=1S/C17H14BrNO2/c1-21-15-6-7-16-13(10-15)8-9-19(16)11-17(20)12-2-4-14(18)5-3-12/h2-10H,11H2,1H3. The number of methoxy groups -OCH3 is 1. The number of ether oxygens (including phenoxy) is 1. The van der Waals surface area contributed by atoms with Gasteiger partial charge >= 0.3 is 0 Å². The average Bonchev–Trinajstić information content (AvgIpc) is 2.90. The summed E-state index contributed by atoms with van der Waals surface area (Å²) in [4.78, 5) is 12.3. The molecule has 21 heavy (non-hydrogen) atoms. The van der Waals surface area contributed by atoms with Gasteiger partial charge in [-0.25, -0.2) is 0 Å². The van der Waals surface area contributed by atoms with Crippen LogP contribution < -0.4 is 4.74 Å². The molecule has 0 radical (unpaired) electrons. The van der Waals surface area contributed by atoms with Crippen molar-refractivity contribution in [2.24, 2.45) is 0 Å². The van der Waals surface area contributed by atoms with E-state index in [0.717, 1.165) is 21.1 Å². The first-order chi connectivity index (χ1) is 10.2. The van der Waals surface area contributed by atoms with Gasteiger partial charge in [0.25, 0.3) is 0 Å². The Hall–Kier alpha value is -2.07. The lowest BCUT2D eigenvalue weighted by atomic mass is 10.1. The van der Waals surface area contributed by atoms with E-state index in [0.29, 0.717) is 12.1 Å². The first kappa shape index (κ1) is 13.9. The van der Waals surface area contributed by atoms with E-state index in [1.54, 1.807) is 7.11 Å². The van der Waals surface area contributed by atoms with Crippen LogP contribution in [0.3, 0.4) is 0 Å². The Balaban J connectivity index is 1.87. The van der Waals surface area contributed by atoms with Crippen LogP contribution in [-0.4, -0.2) is 17.5 Å². The Kier molecular flexibility index (Phi) is 3.80. The number of benzene rings is 2. The largest absolute Gasteiger partial charge is 0.497 e. The molecule has 0 atom stereocenters.